The molecule has 0 amide bonds. The lowest BCUT2D eigenvalue weighted by Crippen LogP contribution is -2.05. The Kier molecular flexibility index (Phi) is 5.22. The predicted octanol–water partition coefficient (Wildman–Crippen LogP) is 3.91. The van der Waals surface area contributed by atoms with Crippen LogP contribution in [0, 0.1) is 5.82 Å². The normalized spacial score (nSPS) is 10.2. The smallest absolute Gasteiger partial charge is 0.340 e. The third-order valence-corrected chi connectivity index (χ3v) is 3.65. The van der Waals surface area contributed by atoms with Crippen molar-refractivity contribution in [1.29, 1.82) is 0 Å². The van der Waals surface area contributed by atoms with E-state index in [1.54, 1.807) is 17.8 Å². The van der Waals surface area contributed by atoms with Gasteiger partial charge in [-0.3, -0.25) is 0 Å². The van der Waals surface area contributed by atoms with E-state index in [0.29, 0.717) is 12.4 Å². The van der Waals surface area contributed by atoms with E-state index >= 15 is 0 Å². The summed E-state index contributed by atoms with van der Waals surface area (Å²) in [6.45, 7) is 0.339. The van der Waals surface area contributed by atoms with Gasteiger partial charge in [0.1, 0.15) is 18.2 Å². The Bertz CT molecular complexity index is 626. The van der Waals surface area contributed by atoms with Crippen LogP contribution in [0.25, 0.3) is 0 Å². The summed E-state index contributed by atoms with van der Waals surface area (Å²) < 4.78 is 23.7. The summed E-state index contributed by atoms with van der Waals surface area (Å²) in [5.41, 5.74) is 0.888. The number of thioether (sulfide) groups is 1. The van der Waals surface area contributed by atoms with Gasteiger partial charge in [0, 0.05) is 11.0 Å². The zero-order chi connectivity index (χ0) is 15.2. The van der Waals surface area contributed by atoms with E-state index in [9.17, 15) is 9.18 Å². The highest BCUT2D eigenvalue weighted by Gasteiger charge is 2.12. The van der Waals surface area contributed by atoms with Crippen LogP contribution in [0.3, 0.4) is 0 Å². The molecule has 0 aromatic heterocycles. The summed E-state index contributed by atoms with van der Waals surface area (Å²) >= 11 is 1.67. The van der Waals surface area contributed by atoms with E-state index in [4.69, 9.17) is 4.74 Å². The van der Waals surface area contributed by atoms with Crippen molar-refractivity contribution >= 4 is 17.7 Å². The highest BCUT2D eigenvalue weighted by molar-refractivity contribution is 7.98. The average Bonchev–Trinajstić information content (AvgIpc) is 2.52. The molecule has 0 N–H and O–H groups in total. The van der Waals surface area contributed by atoms with Crippen molar-refractivity contribution < 1.29 is 18.7 Å². The van der Waals surface area contributed by atoms with Crippen LogP contribution in [0.4, 0.5) is 4.39 Å². The summed E-state index contributed by atoms with van der Waals surface area (Å²) in [6.07, 6.45) is 2.01. The lowest BCUT2D eigenvalue weighted by Gasteiger charge is -2.08. The number of hydrogen-bond acceptors (Lipinski definition) is 4. The number of methoxy groups -OCH3 is 1. The Morgan fingerprint density at radius 3 is 2.48 bits per heavy atom. The van der Waals surface area contributed by atoms with Crippen molar-refractivity contribution in [2.45, 2.75) is 11.5 Å². The molecule has 0 bridgehead atoms. The summed E-state index contributed by atoms with van der Waals surface area (Å²) in [5, 5.41) is 0. The first kappa shape index (κ1) is 15.4. The van der Waals surface area contributed by atoms with Crippen molar-refractivity contribution in [2.24, 2.45) is 0 Å². The van der Waals surface area contributed by atoms with Gasteiger partial charge >= 0.3 is 5.97 Å². The molecule has 2 rings (SSSR count). The third-order valence-electron chi connectivity index (χ3n) is 2.91. The molecule has 2 aromatic carbocycles. The second-order valence-corrected chi connectivity index (χ2v) is 5.15. The van der Waals surface area contributed by atoms with Gasteiger partial charge in [0.25, 0.3) is 0 Å². The Morgan fingerprint density at radius 1 is 1.19 bits per heavy atom. The van der Waals surface area contributed by atoms with Crippen molar-refractivity contribution in [3.05, 3.63) is 59.4 Å². The van der Waals surface area contributed by atoms with Gasteiger partial charge in [0.05, 0.1) is 12.7 Å². The zero-order valence-electron chi connectivity index (χ0n) is 11.8. The van der Waals surface area contributed by atoms with Crippen molar-refractivity contribution in [1.82, 2.24) is 0 Å². The van der Waals surface area contributed by atoms with Crippen LogP contribution in [0.15, 0.2) is 47.4 Å². The Balaban J connectivity index is 2.03. The first-order chi connectivity index (χ1) is 10.1. The fourth-order valence-electron chi connectivity index (χ4n) is 1.75. The number of rotatable bonds is 5. The van der Waals surface area contributed by atoms with Crippen LogP contribution in [0.5, 0.6) is 5.75 Å². The number of carbonyl (C=O) groups is 1. The van der Waals surface area contributed by atoms with Crippen molar-refractivity contribution in [3.63, 3.8) is 0 Å². The van der Waals surface area contributed by atoms with E-state index in [-0.39, 0.29) is 5.56 Å². The minimum absolute atomic E-state index is 0.103. The van der Waals surface area contributed by atoms with Gasteiger partial charge in [-0.1, -0.05) is 12.1 Å². The topological polar surface area (TPSA) is 35.5 Å². The van der Waals surface area contributed by atoms with E-state index < -0.39 is 11.8 Å². The number of carbonyl (C=O) groups excluding carboxylic acids is 1. The molecule has 110 valence electrons. The first-order valence-corrected chi connectivity index (χ1v) is 7.50. The Morgan fingerprint density at radius 2 is 1.90 bits per heavy atom. The number of benzene rings is 2. The van der Waals surface area contributed by atoms with Gasteiger partial charge in [-0.2, -0.15) is 0 Å². The zero-order valence-corrected chi connectivity index (χ0v) is 12.6. The molecule has 0 atom stereocenters. The molecule has 0 radical (unpaired) electrons. The van der Waals surface area contributed by atoms with Gasteiger partial charge < -0.3 is 9.47 Å². The van der Waals surface area contributed by atoms with Crippen LogP contribution in [0.1, 0.15) is 15.9 Å². The lowest BCUT2D eigenvalue weighted by atomic mass is 10.2. The molecule has 21 heavy (non-hydrogen) atoms. The minimum atomic E-state index is -0.702. The van der Waals surface area contributed by atoms with E-state index in [2.05, 4.69) is 4.74 Å². The summed E-state index contributed by atoms with van der Waals surface area (Å²) in [5.74, 6) is -0.988. The van der Waals surface area contributed by atoms with Crippen LogP contribution in [-0.2, 0) is 11.3 Å². The largest absolute Gasteiger partial charge is 0.489 e. The van der Waals surface area contributed by atoms with Crippen LogP contribution in [0.2, 0.25) is 0 Å². The molecule has 0 unspecified atom stereocenters. The molecular formula is C16H15FO3S. The predicted molar refractivity (Wildman–Crippen MR) is 80.3 cm³/mol. The van der Waals surface area contributed by atoms with Crippen molar-refractivity contribution in [3.8, 4) is 5.75 Å². The van der Waals surface area contributed by atoms with Crippen LogP contribution >= 0.6 is 11.8 Å². The molecule has 3 nitrogen and oxygen atoms in total. The second-order valence-electron chi connectivity index (χ2n) is 4.27. The van der Waals surface area contributed by atoms with Gasteiger partial charge in [0.2, 0.25) is 0 Å². The lowest BCUT2D eigenvalue weighted by molar-refractivity contribution is 0.0595. The molecule has 0 aliphatic carbocycles. The number of hydrogen-bond donors (Lipinski definition) is 0. The molecule has 0 saturated carbocycles. The van der Waals surface area contributed by atoms with E-state index in [1.807, 2.05) is 30.5 Å². The average molecular weight is 306 g/mol. The molecule has 0 aliphatic heterocycles. The Hall–Kier alpha value is -2.01. The minimum Gasteiger partial charge on any atom is -0.489 e. The van der Waals surface area contributed by atoms with Gasteiger partial charge in [0.15, 0.2) is 0 Å². The molecule has 0 heterocycles. The quantitative estimate of drug-likeness (QED) is 0.620. The monoisotopic (exact) mass is 306 g/mol. The standard InChI is InChI=1S/C16H15FO3S/c1-19-16(18)14-8-5-12(9-15(14)17)20-10-11-3-6-13(21-2)7-4-11/h3-9H,10H2,1-2H3. The second kappa shape index (κ2) is 7.13. The fraction of sp³-hybridized carbons (Fsp3) is 0.188. The molecule has 5 heteroatoms. The van der Waals surface area contributed by atoms with E-state index in [0.717, 1.165) is 5.56 Å². The SMILES string of the molecule is COC(=O)c1ccc(OCc2ccc(SC)cc2)cc1F. The number of ether oxygens (including phenoxy) is 2. The summed E-state index contributed by atoms with van der Waals surface area (Å²) in [7, 11) is 1.21. The summed E-state index contributed by atoms with van der Waals surface area (Å²) in [4.78, 5) is 12.5. The summed E-state index contributed by atoms with van der Waals surface area (Å²) in [6, 6.07) is 12.0. The van der Waals surface area contributed by atoms with E-state index in [1.165, 1.54) is 24.1 Å². The van der Waals surface area contributed by atoms with Crippen LogP contribution in [-0.4, -0.2) is 19.3 Å². The first-order valence-electron chi connectivity index (χ1n) is 6.27. The maximum absolute atomic E-state index is 13.7. The van der Waals surface area contributed by atoms with Crippen molar-refractivity contribution in [2.75, 3.05) is 13.4 Å². The molecule has 0 fully saturated rings. The van der Waals surface area contributed by atoms with Gasteiger partial charge in [-0.15, -0.1) is 11.8 Å². The highest BCUT2D eigenvalue weighted by atomic mass is 32.2. The van der Waals surface area contributed by atoms with Crippen LogP contribution < -0.4 is 4.74 Å². The van der Waals surface area contributed by atoms with Gasteiger partial charge in [-0.25, -0.2) is 9.18 Å². The highest BCUT2D eigenvalue weighted by Crippen LogP contribution is 2.20. The molecular weight excluding hydrogens is 291 g/mol. The molecule has 0 spiro atoms. The molecule has 2 aromatic rings. The Labute approximate surface area is 127 Å². The van der Waals surface area contributed by atoms with Gasteiger partial charge in [-0.05, 0) is 36.1 Å². The molecule has 0 saturated heterocycles. The maximum Gasteiger partial charge on any atom is 0.340 e. The number of halogens is 1. The number of esters is 1. The molecule has 0 aliphatic rings. The maximum atomic E-state index is 13.7. The fourth-order valence-corrected chi connectivity index (χ4v) is 2.16. The third kappa shape index (κ3) is 3.98.